The minimum Gasteiger partial charge on any atom is -0.359 e. The van der Waals surface area contributed by atoms with Gasteiger partial charge in [-0.3, -0.25) is 4.79 Å². The van der Waals surface area contributed by atoms with Crippen LogP contribution in [0.5, 0.6) is 0 Å². The second-order valence-corrected chi connectivity index (χ2v) is 8.04. The lowest BCUT2D eigenvalue weighted by atomic mass is 9.93. The number of carbonyl (C=O) groups is 2. The largest absolute Gasteiger partial charge is 0.359 e. The number of likely N-dealkylation sites (tertiary alicyclic amines) is 1. The maximum absolute atomic E-state index is 12.9. The van der Waals surface area contributed by atoms with Crippen LogP contribution >= 0.6 is 0 Å². The molecule has 8 heteroatoms. The summed E-state index contributed by atoms with van der Waals surface area (Å²) in [4.78, 5) is 29.2. The van der Waals surface area contributed by atoms with Crippen LogP contribution in [0.3, 0.4) is 0 Å². The Labute approximate surface area is 154 Å². The van der Waals surface area contributed by atoms with Crippen LogP contribution in [0.25, 0.3) is 0 Å². The van der Waals surface area contributed by atoms with E-state index < -0.39 is 6.04 Å². The van der Waals surface area contributed by atoms with Crippen molar-refractivity contribution >= 4 is 17.8 Å². The Morgan fingerprint density at radius 1 is 1.23 bits per heavy atom. The normalized spacial score (nSPS) is 21.6. The summed E-state index contributed by atoms with van der Waals surface area (Å²) in [5, 5.41) is 10.0. The Bertz CT molecular complexity index is 645. The van der Waals surface area contributed by atoms with Crippen LogP contribution in [0.15, 0.2) is 10.6 Å². The lowest BCUT2D eigenvalue weighted by Crippen LogP contribution is -2.57. The van der Waals surface area contributed by atoms with Gasteiger partial charge in [0, 0.05) is 44.2 Å². The lowest BCUT2D eigenvalue weighted by molar-refractivity contribution is -0.121. The van der Waals surface area contributed by atoms with Crippen molar-refractivity contribution in [3.05, 3.63) is 11.8 Å². The zero-order chi connectivity index (χ0) is 18.7. The molecule has 1 unspecified atom stereocenters. The molecule has 0 spiro atoms. The van der Waals surface area contributed by atoms with E-state index in [1.165, 1.54) is 0 Å². The molecular formula is C18H29N5O3. The molecule has 2 fully saturated rings. The first-order chi connectivity index (χ1) is 12.4. The number of rotatable bonds is 2. The van der Waals surface area contributed by atoms with E-state index in [1.54, 1.807) is 11.0 Å². The molecule has 1 aromatic rings. The highest BCUT2D eigenvalue weighted by Crippen LogP contribution is 2.25. The molecule has 26 heavy (non-hydrogen) atoms. The number of hydrogen-bond donors (Lipinski definition) is 2. The highest BCUT2D eigenvalue weighted by atomic mass is 16.5. The lowest BCUT2D eigenvalue weighted by Gasteiger charge is -2.39. The van der Waals surface area contributed by atoms with Crippen molar-refractivity contribution in [1.29, 1.82) is 0 Å². The van der Waals surface area contributed by atoms with Gasteiger partial charge >= 0.3 is 6.03 Å². The average Bonchev–Trinajstić information content (AvgIpc) is 3.11. The molecule has 2 aliphatic rings. The number of carbonyl (C=O) groups excluding carboxylic acids is 2. The van der Waals surface area contributed by atoms with Crippen LogP contribution in [0.2, 0.25) is 0 Å². The number of nitrogens with one attached hydrogen (secondary N) is 2. The van der Waals surface area contributed by atoms with E-state index >= 15 is 0 Å². The highest BCUT2D eigenvalue weighted by Gasteiger charge is 2.35. The van der Waals surface area contributed by atoms with Gasteiger partial charge in [0.1, 0.15) is 11.8 Å². The molecule has 8 nitrogen and oxygen atoms in total. The van der Waals surface area contributed by atoms with E-state index in [0.29, 0.717) is 37.6 Å². The van der Waals surface area contributed by atoms with Crippen molar-refractivity contribution in [2.75, 3.05) is 38.0 Å². The van der Waals surface area contributed by atoms with Gasteiger partial charge in [-0.1, -0.05) is 25.9 Å². The molecular weight excluding hydrogens is 334 g/mol. The molecule has 2 aliphatic heterocycles. The smallest absolute Gasteiger partial charge is 0.320 e. The average molecular weight is 363 g/mol. The molecule has 2 saturated heterocycles. The zero-order valence-electron chi connectivity index (χ0n) is 15.9. The standard InChI is InChI=1S/C18H29N5O3/c1-18(2,3)14-12-15(21-26-14)20-16(24)13-6-4-5-9-23(13)17(25)22-10-7-19-8-11-22/h12-13,19H,4-11H2,1-3H3,(H,20,21,24). The van der Waals surface area contributed by atoms with E-state index in [1.807, 2.05) is 25.7 Å². The molecule has 3 rings (SSSR count). The first-order valence-corrected chi connectivity index (χ1v) is 9.40. The van der Waals surface area contributed by atoms with Gasteiger partial charge in [-0.15, -0.1) is 0 Å². The van der Waals surface area contributed by atoms with Gasteiger partial charge in [-0.25, -0.2) is 4.79 Å². The van der Waals surface area contributed by atoms with E-state index in [-0.39, 0.29) is 17.4 Å². The predicted molar refractivity (Wildman–Crippen MR) is 98.0 cm³/mol. The van der Waals surface area contributed by atoms with Crippen molar-refractivity contribution in [1.82, 2.24) is 20.3 Å². The van der Waals surface area contributed by atoms with E-state index in [2.05, 4.69) is 15.8 Å². The topological polar surface area (TPSA) is 90.7 Å². The van der Waals surface area contributed by atoms with Crippen molar-refractivity contribution in [2.24, 2.45) is 0 Å². The fraction of sp³-hybridized carbons (Fsp3) is 0.722. The van der Waals surface area contributed by atoms with Crippen molar-refractivity contribution < 1.29 is 14.1 Å². The number of anilines is 1. The molecule has 1 atom stereocenters. The van der Waals surface area contributed by atoms with Crippen molar-refractivity contribution in [3.63, 3.8) is 0 Å². The maximum atomic E-state index is 12.9. The summed E-state index contributed by atoms with van der Waals surface area (Å²) >= 11 is 0. The molecule has 144 valence electrons. The van der Waals surface area contributed by atoms with Gasteiger partial charge in [0.2, 0.25) is 5.91 Å². The van der Waals surface area contributed by atoms with Crippen LogP contribution in [0.4, 0.5) is 10.6 Å². The minimum atomic E-state index is -0.457. The van der Waals surface area contributed by atoms with Gasteiger partial charge in [0.05, 0.1) is 0 Å². The Morgan fingerprint density at radius 2 is 1.96 bits per heavy atom. The van der Waals surface area contributed by atoms with Gasteiger partial charge in [0.25, 0.3) is 0 Å². The summed E-state index contributed by atoms with van der Waals surface area (Å²) in [5.74, 6) is 0.923. The molecule has 0 aromatic carbocycles. The number of piperazine rings is 1. The van der Waals surface area contributed by atoms with Gasteiger partial charge in [0.15, 0.2) is 5.82 Å². The van der Waals surface area contributed by atoms with Crippen LogP contribution in [-0.2, 0) is 10.2 Å². The Balaban J connectivity index is 1.67. The van der Waals surface area contributed by atoms with E-state index in [9.17, 15) is 9.59 Å². The maximum Gasteiger partial charge on any atom is 0.320 e. The quantitative estimate of drug-likeness (QED) is 0.836. The Morgan fingerprint density at radius 3 is 2.62 bits per heavy atom. The Hall–Kier alpha value is -2.09. The monoisotopic (exact) mass is 363 g/mol. The highest BCUT2D eigenvalue weighted by molar-refractivity contribution is 5.96. The molecule has 3 amide bonds. The summed E-state index contributed by atoms with van der Waals surface area (Å²) in [7, 11) is 0. The van der Waals surface area contributed by atoms with Crippen LogP contribution in [0.1, 0.15) is 45.8 Å². The van der Waals surface area contributed by atoms with Gasteiger partial charge in [-0.05, 0) is 19.3 Å². The van der Waals surface area contributed by atoms with E-state index in [4.69, 9.17) is 4.52 Å². The summed E-state index contributed by atoms with van der Waals surface area (Å²) < 4.78 is 5.33. The number of piperidine rings is 1. The first kappa shape index (κ1) is 18.7. The van der Waals surface area contributed by atoms with E-state index in [0.717, 1.165) is 25.9 Å². The van der Waals surface area contributed by atoms with Crippen LogP contribution < -0.4 is 10.6 Å². The van der Waals surface area contributed by atoms with Gasteiger partial charge < -0.3 is 25.0 Å². The number of nitrogens with zero attached hydrogens (tertiary/aromatic N) is 3. The minimum absolute atomic E-state index is 0.0399. The second kappa shape index (κ2) is 7.65. The fourth-order valence-corrected chi connectivity index (χ4v) is 3.37. The third kappa shape index (κ3) is 4.17. The van der Waals surface area contributed by atoms with Crippen molar-refractivity contribution in [3.8, 4) is 0 Å². The second-order valence-electron chi connectivity index (χ2n) is 8.04. The zero-order valence-corrected chi connectivity index (χ0v) is 15.9. The fourth-order valence-electron chi connectivity index (χ4n) is 3.37. The molecule has 1 aromatic heterocycles. The molecule has 0 bridgehead atoms. The summed E-state index contributed by atoms with van der Waals surface area (Å²) in [6.45, 7) is 9.64. The number of amides is 3. The Kier molecular flexibility index (Phi) is 5.50. The van der Waals surface area contributed by atoms with Crippen LogP contribution in [0, 0.1) is 0 Å². The number of urea groups is 1. The molecule has 0 saturated carbocycles. The third-order valence-corrected chi connectivity index (χ3v) is 4.94. The first-order valence-electron chi connectivity index (χ1n) is 9.40. The van der Waals surface area contributed by atoms with Crippen molar-refractivity contribution in [2.45, 2.75) is 51.5 Å². The molecule has 0 aliphatic carbocycles. The molecule has 2 N–H and O–H groups in total. The number of hydrogen-bond acceptors (Lipinski definition) is 5. The summed E-state index contributed by atoms with van der Waals surface area (Å²) in [6.07, 6.45) is 2.54. The van der Waals surface area contributed by atoms with Gasteiger partial charge in [-0.2, -0.15) is 0 Å². The molecule has 3 heterocycles. The predicted octanol–water partition coefficient (Wildman–Crippen LogP) is 1.79. The van der Waals surface area contributed by atoms with Crippen LogP contribution in [-0.4, -0.2) is 65.7 Å². The number of aromatic nitrogens is 1. The summed E-state index contributed by atoms with van der Waals surface area (Å²) in [6, 6.07) is 1.26. The third-order valence-electron chi connectivity index (χ3n) is 4.94. The summed E-state index contributed by atoms with van der Waals surface area (Å²) in [5.41, 5.74) is -0.175. The SMILES string of the molecule is CC(C)(C)c1cc(NC(=O)C2CCCCN2C(=O)N2CCNCC2)no1. The molecule has 0 radical (unpaired) electrons.